The lowest BCUT2D eigenvalue weighted by Crippen LogP contribution is -2.53. The minimum atomic E-state index is -3.96. The minimum Gasteiger partial charge on any atom is -0.490 e. The molecule has 1 spiro atoms. The summed E-state index contributed by atoms with van der Waals surface area (Å²) in [7, 11) is -2.24. The predicted octanol–water partition coefficient (Wildman–Crippen LogP) is 6.04. The lowest BCUT2D eigenvalue weighted by atomic mass is 9.62. The number of carbonyl (C=O) groups is 1. The summed E-state index contributed by atoms with van der Waals surface area (Å²) < 4.78 is 42.0. The molecule has 2 N–H and O–H groups in total. The number of benzene rings is 2. The van der Waals surface area contributed by atoms with E-state index in [0.717, 1.165) is 42.8 Å². The topological polar surface area (TPSA) is 105 Å². The molecule has 2 aliphatic heterocycles. The molecule has 1 saturated carbocycles. The molecule has 2 aromatic carbocycles. The Kier molecular flexibility index (Phi) is 9.26. The van der Waals surface area contributed by atoms with E-state index in [0.29, 0.717) is 38.3 Å². The number of hydrogen-bond acceptors (Lipinski definition) is 7. The van der Waals surface area contributed by atoms with Crippen molar-refractivity contribution in [1.82, 2.24) is 4.72 Å². The number of aliphatic hydroxyl groups excluding tert-OH is 1. The second-order valence-electron chi connectivity index (χ2n) is 14.2. The van der Waals surface area contributed by atoms with E-state index in [1.807, 2.05) is 19.1 Å². The third-order valence-electron chi connectivity index (χ3n) is 11.2. The Morgan fingerprint density at radius 3 is 2.72 bits per heavy atom. The number of sulfonamides is 1. The maximum absolute atomic E-state index is 13.5. The van der Waals surface area contributed by atoms with Crippen LogP contribution in [0.1, 0.15) is 80.8 Å². The predicted molar refractivity (Wildman–Crippen MR) is 181 cm³/mol. The smallest absolute Gasteiger partial charge is 0.264 e. The number of carbonyl (C=O) groups excluding carboxylic acids is 1. The number of rotatable bonds is 3. The van der Waals surface area contributed by atoms with Gasteiger partial charge >= 0.3 is 0 Å². The lowest BCUT2D eigenvalue weighted by molar-refractivity contribution is -0.0960. The maximum atomic E-state index is 13.5. The zero-order chi connectivity index (χ0) is 32.9. The fraction of sp³-hybridized carbons (Fsp3) is 0.583. The molecule has 0 unspecified atom stereocenters. The normalized spacial score (nSPS) is 33.8. The van der Waals surface area contributed by atoms with Gasteiger partial charge in [-0.25, -0.2) is 13.1 Å². The van der Waals surface area contributed by atoms with Gasteiger partial charge in [0.15, 0.2) is 0 Å². The van der Waals surface area contributed by atoms with Crippen molar-refractivity contribution in [2.24, 2.45) is 17.8 Å². The van der Waals surface area contributed by atoms with Crippen LogP contribution >= 0.6 is 11.6 Å². The van der Waals surface area contributed by atoms with Gasteiger partial charge in [-0.05, 0) is 112 Å². The van der Waals surface area contributed by atoms with Crippen molar-refractivity contribution < 1.29 is 27.8 Å². The first kappa shape index (κ1) is 33.3. The third kappa shape index (κ3) is 6.20. The number of allylic oxidation sites excluding steroid dienone is 1. The molecule has 46 heavy (non-hydrogen) atoms. The van der Waals surface area contributed by atoms with E-state index in [1.165, 1.54) is 11.1 Å². The summed E-state index contributed by atoms with van der Waals surface area (Å²) >= 11 is 6.43. The van der Waals surface area contributed by atoms with E-state index in [4.69, 9.17) is 21.1 Å². The van der Waals surface area contributed by atoms with Gasteiger partial charge in [0.05, 0.1) is 29.2 Å². The molecular weight excluding hydrogens is 624 g/mol. The molecule has 0 saturated heterocycles. The molecule has 10 heteroatoms. The fourth-order valence-electron chi connectivity index (χ4n) is 8.34. The number of ether oxygens (including phenoxy) is 2. The Balaban J connectivity index is 1.47. The molecule has 8 nitrogen and oxygen atoms in total. The molecule has 1 amide bonds. The molecule has 2 heterocycles. The summed E-state index contributed by atoms with van der Waals surface area (Å²) in [4.78, 5) is 15.8. The first-order chi connectivity index (χ1) is 21.9. The number of nitrogens with one attached hydrogen (secondary N) is 1. The number of anilines is 1. The molecule has 4 aliphatic rings. The Bertz CT molecular complexity index is 1610. The second kappa shape index (κ2) is 12.8. The lowest BCUT2D eigenvalue weighted by Gasteiger charge is -2.51. The van der Waals surface area contributed by atoms with Crippen molar-refractivity contribution in [3.63, 3.8) is 0 Å². The molecule has 2 aliphatic carbocycles. The van der Waals surface area contributed by atoms with Gasteiger partial charge in [-0.3, -0.25) is 4.79 Å². The van der Waals surface area contributed by atoms with E-state index in [-0.39, 0.29) is 28.7 Å². The van der Waals surface area contributed by atoms with E-state index in [1.54, 1.807) is 39.2 Å². The Hall–Kier alpha value is -2.59. The summed E-state index contributed by atoms with van der Waals surface area (Å²) in [6.07, 6.45) is 9.34. The fourth-order valence-corrected chi connectivity index (χ4v) is 9.82. The number of fused-ring (bicyclic) bond motifs is 4. The Morgan fingerprint density at radius 2 is 2.00 bits per heavy atom. The van der Waals surface area contributed by atoms with Crippen molar-refractivity contribution in [2.75, 3.05) is 31.7 Å². The monoisotopic (exact) mass is 670 g/mol. The van der Waals surface area contributed by atoms with Crippen LogP contribution in [0.25, 0.3) is 0 Å². The summed E-state index contributed by atoms with van der Waals surface area (Å²) in [5.74, 6) is 0.200. The summed E-state index contributed by atoms with van der Waals surface area (Å²) in [6.45, 7) is 7.19. The van der Waals surface area contributed by atoms with E-state index < -0.39 is 32.9 Å². The largest absolute Gasteiger partial charge is 0.490 e. The van der Waals surface area contributed by atoms with Crippen molar-refractivity contribution in [3.05, 3.63) is 70.3 Å². The van der Waals surface area contributed by atoms with Crippen LogP contribution in [0.4, 0.5) is 5.69 Å². The van der Waals surface area contributed by atoms with Crippen LogP contribution in [0.2, 0.25) is 5.02 Å². The first-order valence-electron chi connectivity index (χ1n) is 16.6. The van der Waals surface area contributed by atoms with Crippen molar-refractivity contribution >= 4 is 33.2 Å². The van der Waals surface area contributed by atoms with Gasteiger partial charge in [0.1, 0.15) is 5.75 Å². The highest BCUT2D eigenvalue weighted by Gasteiger charge is 2.49. The van der Waals surface area contributed by atoms with Crippen molar-refractivity contribution in [3.8, 4) is 5.75 Å². The van der Waals surface area contributed by atoms with Gasteiger partial charge in [-0.1, -0.05) is 36.7 Å². The molecule has 1 fully saturated rings. The number of methoxy groups -OCH3 is 1. The summed E-state index contributed by atoms with van der Waals surface area (Å²) in [5, 5.41) is 10.6. The van der Waals surface area contributed by atoms with Gasteiger partial charge in [-0.2, -0.15) is 0 Å². The van der Waals surface area contributed by atoms with Crippen LogP contribution in [0.3, 0.4) is 0 Å². The SMILES string of the molecule is CO[C@@]1(C[C@H](C)O)/C=C/C[C@H](C)[C@@H](C)S(=O)(=O)NC(=O)c2ccc3c(c2)N(C[C@@H]2CC[C@H]21)C[C@@]1(CCCc2cc(Cl)ccc21)CO3. The Morgan fingerprint density at radius 1 is 1.20 bits per heavy atom. The molecule has 0 aromatic heterocycles. The van der Waals surface area contributed by atoms with Gasteiger partial charge in [0.2, 0.25) is 10.0 Å². The number of hydrogen-bond donors (Lipinski definition) is 2. The quantitative estimate of drug-likeness (QED) is 0.384. The summed E-state index contributed by atoms with van der Waals surface area (Å²) in [5.41, 5.74) is 2.59. The van der Waals surface area contributed by atoms with Crippen LogP contribution in [-0.2, 0) is 26.6 Å². The second-order valence-corrected chi connectivity index (χ2v) is 16.7. The molecule has 2 aromatic rings. The van der Waals surface area contributed by atoms with E-state index >= 15 is 0 Å². The van der Waals surface area contributed by atoms with E-state index in [2.05, 4.69) is 27.8 Å². The number of nitrogens with zero attached hydrogens (tertiary/aromatic N) is 1. The highest BCUT2D eigenvalue weighted by atomic mass is 35.5. The first-order valence-corrected chi connectivity index (χ1v) is 18.6. The molecule has 7 atom stereocenters. The standard InChI is InChI=1S/C36H47ClN2O6S/c1-23-7-5-16-36(44-4,19-24(2)40)31-12-9-28(31)20-39-21-35(15-6-8-26-17-29(37)11-13-30(26)35)22-45-33-14-10-27(18-32(33)39)34(41)38-46(42,43)25(23)3/h5,10-11,13-14,16-18,23-25,28,31,40H,6-9,12,15,19-22H2,1-4H3,(H,38,41)/b16-5+/t23-,24-,25+,28-,31+,35-,36+/m0/s1. The number of amides is 1. The minimum absolute atomic E-state index is 0.153. The third-order valence-corrected chi connectivity index (χ3v) is 13.4. The zero-order valence-corrected chi connectivity index (χ0v) is 28.9. The van der Waals surface area contributed by atoms with E-state index in [9.17, 15) is 18.3 Å². The van der Waals surface area contributed by atoms with Gasteiger partial charge in [-0.15, -0.1) is 0 Å². The van der Waals surface area contributed by atoms with Crippen LogP contribution in [0.5, 0.6) is 5.75 Å². The molecule has 250 valence electrons. The maximum Gasteiger partial charge on any atom is 0.264 e. The molecule has 6 rings (SSSR count). The number of halogens is 1. The van der Waals surface area contributed by atoms with Crippen molar-refractivity contribution in [2.45, 2.75) is 88.1 Å². The van der Waals surface area contributed by atoms with Gasteiger partial charge < -0.3 is 19.5 Å². The van der Waals surface area contributed by atoms with Crippen LogP contribution in [0, 0.1) is 17.8 Å². The van der Waals surface area contributed by atoms with Crippen LogP contribution in [0.15, 0.2) is 48.6 Å². The molecular formula is C36H47ClN2O6S. The molecule has 2 bridgehead atoms. The number of aryl methyl sites for hydroxylation is 1. The van der Waals surface area contributed by atoms with Gasteiger partial charge in [0.25, 0.3) is 5.91 Å². The van der Waals surface area contributed by atoms with Crippen LogP contribution < -0.4 is 14.4 Å². The highest BCUT2D eigenvalue weighted by Crippen LogP contribution is 2.50. The summed E-state index contributed by atoms with van der Waals surface area (Å²) in [6, 6.07) is 11.4. The van der Waals surface area contributed by atoms with Crippen molar-refractivity contribution in [1.29, 1.82) is 0 Å². The molecule has 0 radical (unpaired) electrons. The Labute approximate surface area is 278 Å². The average molecular weight is 671 g/mol. The highest BCUT2D eigenvalue weighted by molar-refractivity contribution is 7.90. The average Bonchev–Trinajstić information content (AvgIpc) is 3.14. The zero-order valence-electron chi connectivity index (χ0n) is 27.3. The van der Waals surface area contributed by atoms with Crippen LogP contribution in [-0.4, -0.2) is 63.2 Å². The number of aliphatic hydroxyl groups is 1. The van der Waals surface area contributed by atoms with Gasteiger partial charge in [0, 0.05) is 42.6 Å².